The van der Waals surface area contributed by atoms with Crippen LogP contribution >= 0.6 is 0 Å². The number of allylic oxidation sites excluding steroid dienone is 4. The van der Waals surface area contributed by atoms with Crippen molar-refractivity contribution in [2.24, 2.45) is 0 Å². The summed E-state index contributed by atoms with van der Waals surface area (Å²) >= 11 is 0. The molecule has 0 radical (unpaired) electrons. The summed E-state index contributed by atoms with van der Waals surface area (Å²) in [4.78, 5) is 12.5. The molecule has 0 aliphatic heterocycles. The lowest BCUT2D eigenvalue weighted by molar-refractivity contribution is -0.132. The Kier molecular flexibility index (Phi) is 44.9. The predicted molar refractivity (Wildman–Crippen MR) is 247 cm³/mol. The summed E-state index contributed by atoms with van der Waals surface area (Å²) in [7, 11) is 0. The van der Waals surface area contributed by atoms with Crippen molar-refractivity contribution in [2.75, 3.05) is 6.61 Å². The van der Waals surface area contributed by atoms with Gasteiger partial charge in [0, 0.05) is 0 Å². The smallest absolute Gasteiger partial charge is 0.249 e. The lowest BCUT2D eigenvalue weighted by Crippen LogP contribution is -2.53. The fourth-order valence-corrected chi connectivity index (χ4v) is 7.89. The summed E-state index contributed by atoms with van der Waals surface area (Å²) in [5.74, 6) is -0.593. The zero-order valence-electron chi connectivity index (χ0n) is 38.1. The molecule has 338 valence electrons. The van der Waals surface area contributed by atoms with Gasteiger partial charge < -0.3 is 25.7 Å². The monoisotopic (exact) mass is 806 g/mol. The van der Waals surface area contributed by atoms with Gasteiger partial charge in [0.25, 0.3) is 0 Å². The van der Waals surface area contributed by atoms with Gasteiger partial charge in [-0.1, -0.05) is 237 Å². The van der Waals surface area contributed by atoms with Crippen LogP contribution in [0.3, 0.4) is 0 Å². The van der Waals surface area contributed by atoms with E-state index >= 15 is 0 Å². The third-order valence-corrected chi connectivity index (χ3v) is 11.9. The average Bonchev–Trinajstić information content (AvgIpc) is 3.22. The molecule has 1 amide bonds. The summed E-state index contributed by atoms with van der Waals surface area (Å²) in [6.45, 7) is 4.06. The SMILES string of the molecule is CCCCCCCCCCCCC/C=C/CC/C=C/CCCC(O)C(O)C(CO)NC(=O)C(O)CCCCCCCCCCCCCCCCCCCCCCC. The van der Waals surface area contributed by atoms with Crippen molar-refractivity contribution in [1.82, 2.24) is 5.32 Å². The molecule has 0 aromatic rings. The molecule has 6 heteroatoms. The Morgan fingerprint density at radius 3 is 1.11 bits per heavy atom. The van der Waals surface area contributed by atoms with E-state index in [1.54, 1.807) is 0 Å². The van der Waals surface area contributed by atoms with Crippen LogP contribution in [-0.2, 0) is 4.79 Å². The molecule has 0 saturated heterocycles. The maximum atomic E-state index is 12.5. The van der Waals surface area contributed by atoms with Crippen molar-refractivity contribution in [3.63, 3.8) is 0 Å². The fourth-order valence-electron chi connectivity index (χ4n) is 7.89. The van der Waals surface area contributed by atoms with E-state index in [1.807, 2.05) is 0 Å². The van der Waals surface area contributed by atoms with Gasteiger partial charge in [-0.05, 0) is 51.4 Å². The number of aliphatic hydroxyl groups is 4. The van der Waals surface area contributed by atoms with Gasteiger partial charge in [-0.15, -0.1) is 0 Å². The van der Waals surface area contributed by atoms with Crippen molar-refractivity contribution >= 4 is 5.91 Å². The van der Waals surface area contributed by atoms with E-state index in [2.05, 4.69) is 43.5 Å². The molecule has 57 heavy (non-hydrogen) atoms. The second kappa shape index (κ2) is 45.9. The first-order valence-corrected chi connectivity index (χ1v) is 25.2. The van der Waals surface area contributed by atoms with Crippen molar-refractivity contribution < 1.29 is 25.2 Å². The molecule has 0 aliphatic rings. The maximum absolute atomic E-state index is 12.5. The zero-order valence-corrected chi connectivity index (χ0v) is 38.1. The van der Waals surface area contributed by atoms with Crippen LogP contribution < -0.4 is 5.32 Å². The van der Waals surface area contributed by atoms with E-state index in [0.29, 0.717) is 19.3 Å². The topological polar surface area (TPSA) is 110 Å². The lowest BCUT2D eigenvalue weighted by atomic mass is 10.00. The van der Waals surface area contributed by atoms with Gasteiger partial charge in [0.1, 0.15) is 12.2 Å². The van der Waals surface area contributed by atoms with Crippen LogP contribution in [0.1, 0.15) is 264 Å². The highest BCUT2D eigenvalue weighted by Gasteiger charge is 2.28. The van der Waals surface area contributed by atoms with E-state index in [1.165, 1.54) is 193 Å². The molecular weight excluding hydrogens is 707 g/mol. The Morgan fingerprint density at radius 2 is 0.737 bits per heavy atom. The molecule has 4 unspecified atom stereocenters. The molecule has 5 N–H and O–H groups in total. The number of aliphatic hydroxyl groups excluding tert-OH is 4. The van der Waals surface area contributed by atoms with Crippen LogP contribution in [0.2, 0.25) is 0 Å². The Bertz CT molecular complexity index is 863. The van der Waals surface area contributed by atoms with Crippen LogP contribution in [0.4, 0.5) is 0 Å². The largest absolute Gasteiger partial charge is 0.394 e. The molecule has 0 rings (SSSR count). The Hall–Kier alpha value is -1.21. The number of unbranched alkanes of at least 4 members (excludes halogenated alkanes) is 33. The predicted octanol–water partition coefficient (Wildman–Crippen LogP) is 13.9. The number of carbonyl (C=O) groups is 1. The van der Waals surface area contributed by atoms with E-state index in [9.17, 15) is 25.2 Å². The summed E-state index contributed by atoms with van der Waals surface area (Å²) in [5.41, 5.74) is 0. The molecule has 0 bridgehead atoms. The number of nitrogens with one attached hydrogen (secondary N) is 1. The summed E-state index contributed by atoms with van der Waals surface area (Å²) in [6.07, 6.45) is 53.7. The van der Waals surface area contributed by atoms with Crippen molar-refractivity contribution in [3.05, 3.63) is 24.3 Å². The van der Waals surface area contributed by atoms with Crippen LogP contribution in [0.15, 0.2) is 24.3 Å². The summed E-state index contributed by atoms with van der Waals surface area (Å²) < 4.78 is 0. The highest BCUT2D eigenvalue weighted by molar-refractivity contribution is 5.80. The van der Waals surface area contributed by atoms with Crippen LogP contribution in [-0.4, -0.2) is 57.3 Å². The van der Waals surface area contributed by atoms with E-state index in [-0.39, 0.29) is 0 Å². The second-order valence-electron chi connectivity index (χ2n) is 17.5. The maximum Gasteiger partial charge on any atom is 0.249 e. The van der Waals surface area contributed by atoms with Crippen molar-refractivity contribution in [1.29, 1.82) is 0 Å². The van der Waals surface area contributed by atoms with E-state index < -0.39 is 36.9 Å². The molecule has 4 atom stereocenters. The molecule has 6 nitrogen and oxygen atoms in total. The third-order valence-electron chi connectivity index (χ3n) is 11.9. The summed E-state index contributed by atoms with van der Waals surface area (Å²) in [6, 6.07) is -1.01. The third kappa shape index (κ3) is 40.0. The van der Waals surface area contributed by atoms with Gasteiger partial charge in [-0.3, -0.25) is 4.79 Å². The van der Waals surface area contributed by atoms with Crippen molar-refractivity contribution in [2.45, 2.75) is 289 Å². The van der Waals surface area contributed by atoms with Gasteiger partial charge in [0.2, 0.25) is 5.91 Å². The minimum absolute atomic E-state index is 0.364. The molecule has 0 aromatic heterocycles. The fraction of sp³-hybridized carbons (Fsp3) is 0.902. The molecular formula is C51H99NO5. The quantitative estimate of drug-likeness (QED) is 0.0311. The first-order chi connectivity index (χ1) is 28.0. The minimum Gasteiger partial charge on any atom is -0.394 e. The minimum atomic E-state index is -1.29. The van der Waals surface area contributed by atoms with Gasteiger partial charge in [0.05, 0.1) is 18.8 Å². The number of hydrogen-bond donors (Lipinski definition) is 5. The number of hydrogen-bond acceptors (Lipinski definition) is 5. The molecule has 0 aromatic carbocycles. The van der Waals surface area contributed by atoms with Gasteiger partial charge in [-0.2, -0.15) is 0 Å². The zero-order chi connectivity index (χ0) is 41.7. The van der Waals surface area contributed by atoms with Gasteiger partial charge in [0.15, 0.2) is 0 Å². The molecule has 0 fully saturated rings. The normalized spacial score (nSPS) is 14.1. The van der Waals surface area contributed by atoms with E-state index in [0.717, 1.165) is 38.5 Å². The number of rotatable bonds is 46. The first kappa shape index (κ1) is 55.8. The first-order valence-electron chi connectivity index (χ1n) is 25.2. The van der Waals surface area contributed by atoms with Gasteiger partial charge in [-0.25, -0.2) is 0 Å². The summed E-state index contributed by atoms with van der Waals surface area (Å²) in [5, 5.41) is 43.8. The standard InChI is InChI=1S/C51H99NO5/c1-3-5-7-9-11-13-15-17-19-21-23-25-27-29-31-33-35-37-39-41-43-45-49(55)51(57)52-47(46-53)50(56)48(54)44-42-40-38-36-34-32-30-28-26-24-22-20-18-16-14-12-10-8-6-4-2/h28,30,36,38,47-50,53-56H,3-27,29,31-35,37,39-46H2,1-2H3,(H,52,57)/b30-28+,38-36+. The molecule has 0 aliphatic carbocycles. The van der Waals surface area contributed by atoms with Gasteiger partial charge >= 0.3 is 0 Å². The Morgan fingerprint density at radius 1 is 0.421 bits per heavy atom. The lowest BCUT2D eigenvalue weighted by Gasteiger charge is -2.27. The van der Waals surface area contributed by atoms with Crippen LogP contribution in [0, 0.1) is 0 Å². The van der Waals surface area contributed by atoms with Crippen LogP contribution in [0.5, 0.6) is 0 Å². The average molecular weight is 806 g/mol. The Labute approximate surface area is 354 Å². The number of amides is 1. The molecule has 0 heterocycles. The highest BCUT2D eigenvalue weighted by Crippen LogP contribution is 2.17. The van der Waals surface area contributed by atoms with Crippen LogP contribution in [0.25, 0.3) is 0 Å². The second-order valence-corrected chi connectivity index (χ2v) is 17.5. The molecule has 0 spiro atoms. The molecule has 0 saturated carbocycles. The highest BCUT2D eigenvalue weighted by atomic mass is 16.3. The number of carbonyl (C=O) groups excluding carboxylic acids is 1. The van der Waals surface area contributed by atoms with E-state index in [4.69, 9.17) is 0 Å². The van der Waals surface area contributed by atoms with Crippen molar-refractivity contribution in [3.8, 4) is 0 Å². The Balaban J connectivity index is 3.72.